The van der Waals surface area contributed by atoms with Gasteiger partial charge in [0.2, 0.25) is 0 Å². The van der Waals surface area contributed by atoms with Crippen LogP contribution in [0.4, 0.5) is 11.5 Å². The van der Waals surface area contributed by atoms with Gasteiger partial charge in [-0.3, -0.25) is 4.79 Å². The maximum atomic E-state index is 13.9. The lowest BCUT2D eigenvalue weighted by Gasteiger charge is -2.25. The Bertz CT molecular complexity index is 1360. The maximum Gasteiger partial charge on any atom is 0.269 e. The van der Waals surface area contributed by atoms with Gasteiger partial charge in [-0.25, -0.2) is 12.7 Å². The van der Waals surface area contributed by atoms with Gasteiger partial charge in [-0.2, -0.15) is 0 Å². The van der Waals surface area contributed by atoms with Crippen molar-refractivity contribution in [3.8, 4) is 11.1 Å². The predicted octanol–water partition coefficient (Wildman–Crippen LogP) is 6.03. The molecular weight excluding hydrogens is 420 g/mol. The second-order valence-corrected chi connectivity index (χ2v) is 9.48. The number of carbonyl (C=O) groups is 1. The molecule has 0 unspecified atom stereocenters. The second kappa shape index (κ2) is 8.48. The Morgan fingerprint density at radius 2 is 1.38 bits per heavy atom. The smallest absolute Gasteiger partial charge is 0.269 e. The first kappa shape index (κ1) is 21.6. The Kier molecular flexibility index (Phi) is 5.72. The Balaban J connectivity index is 2.05. The molecule has 32 heavy (non-hydrogen) atoms. The third-order valence-electron chi connectivity index (χ3n) is 5.34. The number of aromatic amines is 1. The van der Waals surface area contributed by atoms with Crippen molar-refractivity contribution in [3.05, 3.63) is 102 Å². The van der Waals surface area contributed by atoms with Crippen molar-refractivity contribution >= 4 is 27.3 Å². The molecule has 0 saturated carbocycles. The molecule has 1 N–H and O–H groups in total. The van der Waals surface area contributed by atoms with E-state index in [1.54, 1.807) is 55.5 Å². The molecule has 0 aliphatic carbocycles. The van der Waals surface area contributed by atoms with E-state index in [2.05, 4.69) is 4.98 Å². The van der Waals surface area contributed by atoms with E-state index in [4.69, 9.17) is 0 Å². The van der Waals surface area contributed by atoms with E-state index in [0.29, 0.717) is 28.3 Å². The number of sulfonamides is 1. The number of nitrogens with zero attached hydrogens (tertiary/aromatic N) is 1. The number of hydrogen-bond donors (Lipinski definition) is 1. The number of nitrogens with one attached hydrogen (secondary N) is 1. The zero-order chi connectivity index (χ0) is 22.9. The Labute approximate surface area is 188 Å². The molecule has 0 aliphatic rings. The summed E-state index contributed by atoms with van der Waals surface area (Å²) in [6.07, 6.45) is 0. The summed E-state index contributed by atoms with van der Waals surface area (Å²) in [6.45, 7) is 5.19. The summed E-state index contributed by atoms with van der Waals surface area (Å²) in [4.78, 5) is 16.0. The molecule has 5 nitrogen and oxygen atoms in total. The van der Waals surface area contributed by atoms with Crippen LogP contribution in [0.1, 0.15) is 28.5 Å². The fourth-order valence-electron chi connectivity index (χ4n) is 3.85. The van der Waals surface area contributed by atoms with Gasteiger partial charge < -0.3 is 4.98 Å². The number of H-pyrrole nitrogens is 1. The molecule has 0 atom stereocenters. The molecule has 6 heteroatoms. The van der Waals surface area contributed by atoms with Gasteiger partial charge in [-0.05, 0) is 50.6 Å². The van der Waals surface area contributed by atoms with Crippen LogP contribution in [-0.4, -0.2) is 19.2 Å². The zero-order valence-corrected chi connectivity index (χ0v) is 19.0. The van der Waals surface area contributed by atoms with Crippen molar-refractivity contribution in [2.24, 2.45) is 0 Å². The Morgan fingerprint density at radius 1 is 0.812 bits per heavy atom. The van der Waals surface area contributed by atoms with Gasteiger partial charge in [0.15, 0.2) is 5.78 Å². The van der Waals surface area contributed by atoms with Gasteiger partial charge in [-0.15, -0.1) is 0 Å². The summed E-state index contributed by atoms with van der Waals surface area (Å²) in [5, 5.41) is 0. The van der Waals surface area contributed by atoms with E-state index in [0.717, 1.165) is 11.1 Å². The van der Waals surface area contributed by atoms with Crippen molar-refractivity contribution in [3.63, 3.8) is 0 Å². The monoisotopic (exact) mass is 444 g/mol. The van der Waals surface area contributed by atoms with E-state index < -0.39 is 10.0 Å². The Hall–Kier alpha value is -3.64. The molecule has 1 aromatic heterocycles. The number of ketones is 1. The van der Waals surface area contributed by atoms with E-state index in [9.17, 15) is 13.2 Å². The SMILES string of the molecule is CC(=O)c1c(C)[nH]c(N(c2ccccc2)S(=O)(=O)c2ccc(C)cc2)c1-c1ccccc1. The molecule has 162 valence electrons. The standard InChI is InChI=1S/C26H24N2O3S/c1-18-14-16-23(17-15-18)32(30,31)28(22-12-8-5-9-13-22)26-25(21-10-6-4-7-11-21)24(20(3)29)19(2)27-26/h4-17,27H,1-3H3. The van der Waals surface area contributed by atoms with Gasteiger partial charge in [-0.1, -0.05) is 66.2 Å². The number of para-hydroxylation sites is 1. The topological polar surface area (TPSA) is 70.2 Å². The fraction of sp³-hybridized carbons (Fsp3) is 0.115. The number of Topliss-reactive ketones (excluding diaryl/α,β-unsaturated/α-hetero) is 1. The van der Waals surface area contributed by atoms with Crippen LogP contribution in [0.5, 0.6) is 0 Å². The van der Waals surface area contributed by atoms with Gasteiger partial charge in [0.05, 0.1) is 10.6 Å². The molecule has 0 radical (unpaired) electrons. The number of hydrogen-bond acceptors (Lipinski definition) is 3. The van der Waals surface area contributed by atoms with Gasteiger partial charge in [0.25, 0.3) is 10.0 Å². The van der Waals surface area contributed by atoms with Gasteiger partial charge >= 0.3 is 0 Å². The molecule has 0 aliphatic heterocycles. The molecule has 4 aromatic rings. The minimum absolute atomic E-state index is 0.135. The molecule has 0 saturated heterocycles. The average Bonchev–Trinajstić information content (AvgIpc) is 3.12. The van der Waals surface area contributed by atoms with Crippen LogP contribution in [0, 0.1) is 13.8 Å². The lowest BCUT2D eigenvalue weighted by atomic mass is 9.99. The van der Waals surface area contributed by atoms with Gasteiger partial charge in [0, 0.05) is 16.8 Å². The summed E-state index contributed by atoms with van der Waals surface area (Å²) in [5.74, 6) is 0.204. The number of rotatable bonds is 6. The normalized spacial score (nSPS) is 11.3. The number of aromatic nitrogens is 1. The summed E-state index contributed by atoms with van der Waals surface area (Å²) in [7, 11) is -3.99. The van der Waals surface area contributed by atoms with E-state index >= 15 is 0 Å². The third-order valence-corrected chi connectivity index (χ3v) is 7.08. The van der Waals surface area contributed by atoms with Crippen molar-refractivity contribution in [2.75, 3.05) is 4.31 Å². The quantitative estimate of drug-likeness (QED) is 0.369. The van der Waals surface area contributed by atoms with Crippen LogP contribution in [0.2, 0.25) is 0 Å². The molecular formula is C26H24N2O3S. The van der Waals surface area contributed by atoms with Crippen LogP contribution >= 0.6 is 0 Å². The molecule has 0 spiro atoms. The van der Waals surface area contributed by atoms with Crippen molar-refractivity contribution in [1.82, 2.24) is 4.98 Å². The van der Waals surface area contributed by atoms with Crippen molar-refractivity contribution in [2.45, 2.75) is 25.7 Å². The molecule has 0 fully saturated rings. The van der Waals surface area contributed by atoms with E-state index in [-0.39, 0.29) is 10.7 Å². The van der Waals surface area contributed by atoms with Crippen LogP contribution in [0.3, 0.4) is 0 Å². The lowest BCUT2D eigenvalue weighted by molar-refractivity contribution is 0.101. The Morgan fingerprint density at radius 3 is 1.94 bits per heavy atom. The number of aryl methyl sites for hydroxylation is 2. The highest BCUT2D eigenvalue weighted by Gasteiger charge is 2.32. The highest BCUT2D eigenvalue weighted by Crippen LogP contribution is 2.42. The summed E-state index contributed by atoms with van der Waals surface area (Å²) in [5.41, 5.74) is 3.86. The largest absolute Gasteiger partial charge is 0.343 e. The highest BCUT2D eigenvalue weighted by atomic mass is 32.2. The molecule has 3 aromatic carbocycles. The number of benzene rings is 3. The summed E-state index contributed by atoms with van der Waals surface area (Å²) < 4.78 is 29.2. The van der Waals surface area contributed by atoms with Crippen LogP contribution < -0.4 is 4.31 Å². The van der Waals surface area contributed by atoms with Crippen molar-refractivity contribution in [1.29, 1.82) is 0 Å². The summed E-state index contributed by atoms with van der Waals surface area (Å²) >= 11 is 0. The average molecular weight is 445 g/mol. The first-order chi connectivity index (χ1) is 15.3. The number of carbonyl (C=O) groups excluding carboxylic acids is 1. The van der Waals surface area contributed by atoms with E-state index in [1.807, 2.05) is 43.3 Å². The van der Waals surface area contributed by atoms with Crippen molar-refractivity contribution < 1.29 is 13.2 Å². The zero-order valence-electron chi connectivity index (χ0n) is 18.2. The minimum Gasteiger partial charge on any atom is -0.343 e. The van der Waals surface area contributed by atoms with Crippen LogP contribution in [0.25, 0.3) is 11.1 Å². The fourth-order valence-corrected chi connectivity index (χ4v) is 5.32. The van der Waals surface area contributed by atoms with E-state index in [1.165, 1.54) is 11.2 Å². The predicted molar refractivity (Wildman–Crippen MR) is 128 cm³/mol. The molecule has 0 amide bonds. The number of anilines is 2. The summed E-state index contributed by atoms with van der Waals surface area (Å²) in [6, 6.07) is 25.0. The first-order valence-corrected chi connectivity index (χ1v) is 11.7. The van der Waals surface area contributed by atoms with Crippen LogP contribution in [-0.2, 0) is 10.0 Å². The maximum absolute atomic E-state index is 13.9. The van der Waals surface area contributed by atoms with Gasteiger partial charge in [0.1, 0.15) is 5.82 Å². The van der Waals surface area contributed by atoms with Crippen LogP contribution in [0.15, 0.2) is 89.8 Å². The molecule has 0 bridgehead atoms. The second-order valence-electron chi connectivity index (χ2n) is 7.69. The highest BCUT2D eigenvalue weighted by molar-refractivity contribution is 7.93. The third kappa shape index (κ3) is 3.85. The molecule has 1 heterocycles. The lowest BCUT2D eigenvalue weighted by Crippen LogP contribution is -2.27. The minimum atomic E-state index is -3.99. The molecule has 4 rings (SSSR count). The first-order valence-electron chi connectivity index (χ1n) is 10.3.